The summed E-state index contributed by atoms with van der Waals surface area (Å²) >= 11 is 0. The Balaban J connectivity index is 1.50. The first-order valence-corrected chi connectivity index (χ1v) is 11.7. The molecule has 0 fully saturated rings. The molecule has 2 N–H and O–H groups in total. The van der Waals surface area contributed by atoms with Crippen molar-refractivity contribution < 1.29 is 24.3 Å². The van der Waals surface area contributed by atoms with Crippen LogP contribution in [0.5, 0.6) is 5.75 Å². The van der Waals surface area contributed by atoms with Crippen molar-refractivity contribution in [2.75, 3.05) is 4.90 Å². The Morgan fingerprint density at radius 2 is 0.892 bits per heavy atom. The molecule has 0 saturated carbocycles. The van der Waals surface area contributed by atoms with Crippen molar-refractivity contribution in [3.63, 3.8) is 0 Å². The van der Waals surface area contributed by atoms with Gasteiger partial charge in [0.05, 0.1) is 5.69 Å². The van der Waals surface area contributed by atoms with E-state index in [-0.39, 0.29) is 5.75 Å². The largest absolute Gasteiger partial charge is 0.508 e. The van der Waals surface area contributed by atoms with E-state index in [0.717, 1.165) is 37.2 Å². The number of rotatable bonds is 1. The number of nitrogens with one attached hydrogen (secondary N) is 1. The van der Waals surface area contributed by atoms with Gasteiger partial charge in [-0.1, -0.05) is 24.3 Å². The molecular weight excluding hydrogens is 468 g/mol. The number of carbonyl (C=O) groups is 4. The lowest BCUT2D eigenvalue weighted by atomic mass is 9.82. The summed E-state index contributed by atoms with van der Waals surface area (Å²) in [5.74, 6) is -1.70. The second-order valence-electron chi connectivity index (χ2n) is 9.39. The summed E-state index contributed by atoms with van der Waals surface area (Å²) in [7, 11) is 0. The van der Waals surface area contributed by atoms with E-state index in [1.807, 2.05) is 24.3 Å². The third-order valence-electron chi connectivity index (χ3n) is 7.59. The van der Waals surface area contributed by atoms with Gasteiger partial charge < -0.3 is 5.11 Å². The predicted molar refractivity (Wildman–Crippen MR) is 139 cm³/mol. The molecule has 4 amide bonds. The average Bonchev–Trinajstić information content (AvgIpc) is 2.90. The summed E-state index contributed by atoms with van der Waals surface area (Å²) in [5.41, 5.74) is 2.08. The van der Waals surface area contributed by atoms with Crippen molar-refractivity contribution in [3.05, 3.63) is 95.1 Å². The van der Waals surface area contributed by atoms with Gasteiger partial charge in [0.25, 0.3) is 23.6 Å². The van der Waals surface area contributed by atoms with E-state index in [9.17, 15) is 24.3 Å². The Morgan fingerprint density at radius 1 is 0.486 bits per heavy atom. The molecule has 0 spiro atoms. The number of imide groups is 2. The zero-order valence-electron chi connectivity index (χ0n) is 19.0. The van der Waals surface area contributed by atoms with Gasteiger partial charge in [-0.2, -0.15) is 0 Å². The zero-order valence-corrected chi connectivity index (χ0v) is 19.0. The lowest BCUT2D eigenvalue weighted by Crippen LogP contribution is -2.40. The fourth-order valence-electron chi connectivity index (χ4n) is 6.03. The number of aromatic hydroxyl groups is 1. The Labute approximate surface area is 207 Å². The van der Waals surface area contributed by atoms with Crippen LogP contribution in [0.1, 0.15) is 41.4 Å². The van der Waals surface area contributed by atoms with Crippen LogP contribution in [0.3, 0.4) is 0 Å². The van der Waals surface area contributed by atoms with Gasteiger partial charge in [-0.15, -0.1) is 0 Å². The second-order valence-corrected chi connectivity index (χ2v) is 9.39. The number of phenolic OH excluding ortho intramolecular Hbond substituents is 1. The minimum absolute atomic E-state index is 0.0394. The highest BCUT2D eigenvalue weighted by Gasteiger charge is 2.36. The van der Waals surface area contributed by atoms with Gasteiger partial charge in [-0.25, -0.2) is 4.90 Å². The van der Waals surface area contributed by atoms with E-state index in [0.29, 0.717) is 38.7 Å². The molecule has 0 aliphatic carbocycles. The van der Waals surface area contributed by atoms with Crippen LogP contribution in [0, 0.1) is 0 Å². The average molecular weight is 482 g/mol. The first kappa shape index (κ1) is 19.9. The molecule has 0 saturated heterocycles. The van der Waals surface area contributed by atoms with Crippen LogP contribution in [-0.4, -0.2) is 28.7 Å². The van der Waals surface area contributed by atoms with Gasteiger partial charge in [0.2, 0.25) is 0 Å². The first-order valence-electron chi connectivity index (χ1n) is 11.7. The number of hydrogen-bond acceptors (Lipinski definition) is 5. The number of nitrogens with zero attached hydrogens (tertiary/aromatic N) is 1. The van der Waals surface area contributed by atoms with E-state index < -0.39 is 23.6 Å². The summed E-state index contributed by atoms with van der Waals surface area (Å²) in [6, 6.07) is 20.3. The molecule has 2 heterocycles. The number of benzene rings is 6. The van der Waals surface area contributed by atoms with Gasteiger partial charge in [0.15, 0.2) is 0 Å². The third kappa shape index (κ3) is 2.31. The van der Waals surface area contributed by atoms with Gasteiger partial charge in [-0.05, 0) is 80.8 Å². The van der Waals surface area contributed by atoms with Crippen molar-refractivity contribution >= 4 is 72.4 Å². The number of fused-ring (bicyclic) bond motifs is 2. The van der Waals surface area contributed by atoms with Gasteiger partial charge >= 0.3 is 0 Å². The summed E-state index contributed by atoms with van der Waals surface area (Å²) in [6.07, 6.45) is 0. The molecule has 7 nitrogen and oxygen atoms in total. The zero-order chi connectivity index (χ0) is 25.2. The van der Waals surface area contributed by atoms with Crippen molar-refractivity contribution in [2.24, 2.45) is 0 Å². The minimum atomic E-state index is -0.440. The normalized spacial score (nSPS) is 15.0. The molecule has 0 bridgehead atoms. The molecule has 174 valence electrons. The monoisotopic (exact) mass is 482 g/mol. The molecule has 6 aromatic rings. The SMILES string of the molecule is O=C1NC(=O)c2ccc3c4ccc5c6c(ccc(c7ccc1c2c73)c64)C(=O)N(c1ccc(O)cc1)C5=O. The molecule has 2 aliphatic heterocycles. The van der Waals surface area contributed by atoms with E-state index in [4.69, 9.17) is 0 Å². The highest BCUT2D eigenvalue weighted by molar-refractivity contribution is 6.43. The number of amides is 4. The highest BCUT2D eigenvalue weighted by Crippen LogP contribution is 2.46. The van der Waals surface area contributed by atoms with Crippen molar-refractivity contribution in [1.82, 2.24) is 5.32 Å². The van der Waals surface area contributed by atoms with Crippen LogP contribution in [-0.2, 0) is 0 Å². The number of phenols is 1. The van der Waals surface area contributed by atoms with Crippen LogP contribution in [0.4, 0.5) is 5.69 Å². The van der Waals surface area contributed by atoms with Crippen LogP contribution in [0.25, 0.3) is 43.1 Å². The quantitative estimate of drug-likeness (QED) is 0.192. The molecule has 0 radical (unpaired) electrons. The van der Waals surface area contributed by atoms with E-state index in [1.54, 1.807) is 24.3 Å². The summed E-state index contributed by atoms with van der Waals surface area (Å²) in [6.45, 7) is 0. The van der Waals surface area contributed by atoms with E-state index in [1.165, 1.54) is 24.3 Å². The smallest absolute Gasteiger partial charge is 0.265 e. The number of hydrogen-bond donors (Lipinski definition) is 2. The maximum Gasteiger partial charge on any atom is 0.265 e. The summed E-state index contributed by atoms with van der Waals surface area (Å²) in [5, 5.41) is 18.2. The van der Waals surface area contributed by atoms with E-state index >= 15 is 0 Å². The van der Waals surface area contributed by atoms with Crippen LogP contribution >= 0.6 is 0 Å². The topological polar surface area (TPSA) is 104 Å². The predicted octanol–water partition coefficient (Wildman–Crippen LogP) is 5.13. The fraction of sp³-hybridized carbons (Fsp3) is 0. The maximum atomic E-state index is 13.6. The molecule has 2 aliphatic rings. The Bertz CT molecular complexity index is 1970. The molecule has 8 rings (SSSR count). The van der Waals surface area contributed by atoms with Gasteiger partial charge in [0, 0.05) is 33.0 Å². The third-order valence-corrected chi connectivity index (χ3v) is 7.59. The Kier molecular flexibility index (Phi) is 3.49. The van der Waals surface area contributed by atoms with Crippen LogP contribution in [0.15, 0.2) is 72.8 Å². The van der Waals surface area contributed by atoms with E-state index in [2.05, 4.69) is 5.32 Å². The molecule has 37 heavy (non-hydrogen) atoms. The second kappa shape index (κ2) is 6.47. The van der Waals surface area contributed by atoms with Gasteiger partial charge in [-0.3, -0.25) is 24.5 Å². The summed E-state index contributed by atoms with van der Waals surface area (Å²) < 4.78 is 0. The number of carbonyl (C=O) groups excluding carboxylic acids is 4. The minimum Gasteiger partial charge on any atom is -0.508 e. The maximum absolute atomic E-state index is 13.6. The lowest BCUT2D eigenvalue weighted by molar-refractivity contribution is 0.0840. The standard InChI is InChI=1S/C30H14N2O5/c33-14-3-1-13(2-4-14)32-29(36)21-11-7-17-15-5-9-19-25-20(28(35)31-27(19)34)10-6-16(23(15)25)18-8-12-22(30(32)37)26(21)24(17)18/h1-12,33H,(H,31,34,35). The van der Waals surface area contributed by atoms with Crippen molar-refractivity contribution in [1.29, 1.82) is 0 Å². The Hall–Kier alpha value is -5.30. The first-order chi connectivity index (χ1) is 17.9. The molecular formula is C30H14N2O5. The molecule has 6 aromatic carbocycles. The lowest BCUT2D eigenvalue weighted by Gasteiger charge is -2.29. The molecule has 0 aromatic heterocycles. The van der Waals surface area contributed by atoms with Crippen LogP contribution < -0.4 is 10.2 Å². The Morgan fingerprint density at radius 3 is 1.35 bits per heavy atom. The van der Waals surface area contributed by atoms with Crippen LogP contribution in [0.2, 0.25) is 0 Å². The summed E-state index contributed by atoms with van der Waals surface area (Å²) in [4.78, 5) is 53.6. The molecule has 7 heteroatoms. The van der Waals surface area contributed by atoms with Crippen molar-refractivity contribution in [2.45, 2.75) is 0 Å². The van der Waals surface area contributed by atoms with Gasteiger partial charge in [0.1, 0.15) is 5.75 Å². The number of anilines is 1. The highest BCUT2D eigenvalue weighted by atomic mass is 16.3. The molecule has 0 unspecified atom stereocenters. The molecule has 0 atom stereocenters. The fourth-order valence-corrected chi connectivity index (χ4v) is 6.03. The van der Waals surface area contributed by atoms with Crippen molar-refractivity contribution in [3.8, 4) is 5.75 Å².